The standard InChI is InChI=1S/C16H23ClN4/c1-4-12(3)21-8-7-14(20-21)10-16(19-18)13-5-6-15(17)11(2)9-13/h5-9,12,16,19H,4,10,18H2,1-3H3. The molecule has 2 atom stereocenters. The molecule has 1 aromatic carbocycles. The summed E-state index contributed by atoms with van der Waals surface area (Å²) in [5.74, 6) is 5.72. The third-order valence-electron chi connectivity index (χ3n) is 3.90. The molecule has 2 aromatic rings. The zero-order valence-electron chi connectivity index (χ0n) is 12.8. The molecule has 1 heterocycles. The number of hydrazine groups is 1. The van der Waals surface area contributed by atoms with E-state index in [1.807, 2.05) is 29.9 Å². The first-order valence-electron chi connectivity index (χ1n) is 7.31. The maximum Gasteiger partial charge on any atom is 0.0644 e. The van der Waals surface area contributed by atoms with Crippen LogP contribution in [0.2, 0.25) is 5.02 Å². The van der Waals surface area contributed by atoms with Gasteiger partial charge in [0, 0.05) is 23.7 Å². The Morgan fingerprint density at radius 1 is 1.38 bits per heavy atom. The minimum Gasteiger partial charge on any atom is -0.271 e. The SMILES string of the molecule is CCC(C)n1ccc(CC(NN)c2ccc(Cl)c(C)c2)n1. The van der Waals surface area contributed by atoms with Crippen molar-refractivity contribution in [1.82, 2.24) is 15.2 Å². The van der Waals surface area contributed by atoms with Gasteiger partial charge in [0.15, 0.2) is 0 Å². The lowest BCUT2D eigenvalue weighted by Crippen LogP contribution is -2.29. The molecule has 0 aliphatic rings. The number of halogens is 1. The molecule has 2 rings (SSSR count). The number of nitrogens with two attached hydrogens (primary N) is 1. The van der Waals surface area contributed by atoms with Gasteiger partial charge in [0.25, 0.3) is 0 Å². The molecule has 0 aliphatic heterocycles. The maximum absolute atomic E-state index is 6.08. The van der Waals surface area contributed by atoms with Crippen LogP contribution in [0, 0.1) is 6.92 Å². The van der Waals surface area contributed by atoms with Crippen molar-refractivity contribution in [3.8, 4) is 0 Å². The van der Waals surface area contributed by atoms with Crippen molar-refractivity contribution in [1.29, 1.82) is 0 Å². The molecule has 0 fully saturated rings. The second-order valence-electron chi connectivity index (χ2n) is 5.48. The Kier molecular flexibility index (Phi) is 5.39. The van der Waals surface area contributed by atoms with E-state index in [0.717, 1.165) is 34.7 Å². The van der Waals surface area contributed by atoms with E-state index in [1.54, 1.807) is 0 Å². The van der Waals surface area contributed by atoms with Gasteiger partial charge in [-0.25, -0.2) is 0 Å². The normalized spacial score (nSPS) is 14.1. The van der Waals surface area contributed by atoms with E-state index in [2.05, 4.69) is 36.5 Å². The van der Waals surface area contributed by atoms with Gasteiger partial charge in [-0.2, -0.15) is 5.10 Å². The molecule has 0 amide bonds. The fourth-order valence-electron chi connectivity index (χ4n) is 2.29. The van der Waals surface area contributed by atoms with Crippen LogP contribution in [-0.4, -0.2) is 9.78 Å². The summed E-state index contributed by atoms with van der Waals surface area (Å²) in [7, 11) is 0. The summed E-state index contributed by atoms with van der Waals surface area (Å²) < 4.78 is 2.01. The Hall–Kier alpha value is -1.36. The van der Waals surface area contributed by atoms with Crippen molar-refractivity contribution in [2.75, 3.05) is 0 Å². The van der Waals surface area contributed by atoms with Crippen LogP contribution in [-0.2, 0) is 6.42 Å². The van der Waals surface area contributed by atoms with Gasteiger partial charge in [0.05, 0.1) is 11.7 Å². The van der Waals surface area contributed by atoms with Crippen LogP contribution in [0.4, 0.5) is 0 Å². The van der Waals surface area contributed by atoms with Gasteiger partial charge in [-0.05, 0) is 43.5 Å². The molecule has 21 heavy (non-hydrogen) atoms. The maximum atomic E-state index is 6.08. The van der Waals surface area contributed by atoms with Crippen molar-refractivity contribution in [2.45, 2.75) is 45.7 Å². The Bertz CT molecular complexity index is 594. The molecule has 0 bridgehead atoms. The Balaban J connectivity index is 2.15. The van der Waals surface area contributed by atoms with Crippen molar-refractivity contribution in [3.05, 3.63) is 52.3 Å². The molecule has 0 radical (unpaired) electrons. The van der Waals surface area contributed by atoms with E-state index >= 15 is 0 Å². The Morgan fingerprint density at radius 2 is 2.14 bits per heavy atom. The predicted molar refractivity (Wildman–Crippen MR) is 87.2 cm³/mol. The number of aryl methyl sites for hydroxylation is 1. The zero-order chi connectivity index (χ0) is 15.4. The topological polar surface area (TPSA) is 55.9 Å². The summed E-state index contributed by atoms with van der Waals surface area (Å²) in [6.07, 6.45) is 3.85. The van der Waals surface area contributed by atoms with Crippen LogP contribution in [0.5, 0.6) is 0 Å². The Labute approximate surface area is 131 Å². The molecule has 0 saturated carbocycles. The quantitative estimate of drug-likeness (QED) is 0.634. The lowest BCUT2D eigenvalue weighted by Gasteiger charge is -2.16. The average Bonchev–Trinajstić information content (AvgIpc) is 2.95. The molecular formula is C16H23ClN4. The smallest absolute Gasteiger partial charge is 0.0644 e. The van der Waals surface area contributed by atoms with Crippen LogP contribution in [0.15, 0.2) is 30.5 Å². The second-order valence-corrected chi connectivity index (χ2v) is 5.88. The summed E-state index contributed by atoms with van der Waals surface area (Å²) in [5.41, 5.74) is 6.08. The van der Waals surface area contributed by atoms with Gasteiger partial charge in [-0.15, -0.1) is 0 Å². The largest absolute Gasteiger partial charge is 0.271 e. The van der Waals surface area contributed by atoms with E-state index in [-0.39, 0.29) is 6.04 Å². The first kappa shape index (κ1) is 16.0. The molecule has 4 nitrogen and oxygen atoms in total. The number of hydrogen-bond acceptors (Lipinski definition) is 3. The number of rotatable bonds is 6. The highest BCUT2D eigenvalue weighted by atomic mass is 35.5. The van der Waals surface area contributed by atoms with E-state index < -0.39 is 0 Å². The van der Waals surface area contributed by atoms with Crippen molar-refractivity contribution in [2.24, 2.45) is 5.84 Å². The number of nitrogens with one attached hydrogen (secondary N) is 1. The van der Waals surface area contributed by atoms with Crippen LogP contribution in [0.3, 0.4) is 0 Å². The van der Waals surface area contributed by atoms with Crippen molar-refractivity contribution >= 4 is 11.6 Å². The lowest BCUT2D eigenvalue weighted by atomic mass is 10.0. The van der Waals surface area contributed by atoms with Crippen molar-refractivity contribution in [3.63, 3.8) is 0 Å². The van der Waals surface area contributed by atoms with Gasteiger partial charge in [-0.1, -0.05) is 30.7 Å². The summed E-state index contributed by atoms with van der Waals surface area (Å²) in [5, 5.41) is 5.40. The average molecular weight is 307 g/mol. The second kappa shape index (κ2) is 7.07. The first-order valence-corrected chi connectivity index (χ1v) is 7.69. The molecule has 2 unspecified atom stereocenters. The minimum absolute atomic E-state index is 0.0289. The van der Waals surface area contributed by atoms with Crippen LogP contribution in [0.1, 0.15) is 49.2 Å². The lowest BCUT2D eigenvalue weighted by molar-refractivity contribution is 0.467. The number of aromatic nitrogens is 2. The summed E-state index contributed by atoms with van der Waals surface area (Å²) >= 11 is 6.08. The number of benzene rings is 1. The fraction of sp³-hybridized carbons (Fsp3) is 0.438. The molecule has 0 aliphatic carbocycles. The molecule has 0 spiro atoms. The molecule has 0 saturated heterocycles. The molecular weight excluding hydrogens is 284 g/mol. The Morgan fingerprint density at radius 3 is 2.76 bits per heavy atom. The van der Waals surface area contributed by atoms with Gasteiger partial charge in [-0.3, -0.25) is 16.0 Å². The van der Waals surface area contributed by atoms with E-state index in [1.165, 1.54) is 0 Å². The highest BCUT2D eigenvalue weighted by Gasteiger charge is 2.14. The highest BCUT2D eigenvalue weighted by Crippen LogP contribution is 2.23. The zero-order valence-corrected chi connectivity index (χ0v) is 13.6. The minimum atomic E-state index is 0.0289. The molecule has 114 valence electrons. The van der Waals surface area contributed by atoms with Crippen LogP contribution < -0.4 is 11.3 Å². The van der Waals surface area contributed by atoms with E-state index in [9.17, 15) is 0 Å². The third-order valence-corrected chi connectivity index (χ3v) is 4.33. The van der Waals surface area contributed by atoms with Gasteiger partial charge in [0.2, 0.25) is 0 Å². The third kappa shape index (κ3) is 3.84. The summed E-state index contributed by atoms with van der Waals surface area (Å²) in [6.45, 7) is 6.32. The molecule has 5 heteroatoms. The number of nitrogens with zero attached hydrogens (tertiary/aromatic N) is 2. The monoisotopic (exact) mass is 306 g/mol. The molecule has 1 aromatic heterocycles. The summed E-state index contributed by atoms with van der Waals surface area (Å²) in [6, 6.07) is 8.49. The predicted octanol–water partition coefficient (Wildman–Crippen LogP) is 3.56. The van der Waals surface area contributed by atoms with Gasteiger partial charge < -0.3 is 0 Å². The van der Waals surface area contributed by atoms with Gasteiger partial charge >= 0.3 is 0 Å². The van der Waals surface area contributed by atoms with Gasteiger partial charge in [0.1, 0.15) is 0 Å². The van der Waals surface area contributed by atoms with Crippen LogP contribution >= 0.6 is 11.6 Å². The first-order chi connectivity index (χ1) is 10.0. The summed E-state index contributed by atoms with van der Waals surface area (Å²) in [4.78, 5) is 0. The van der Waals surface area contributed by atoms with Crippen molar-refractivity contribution < 1.29 is 0 Å². The van der Waals surface area contributed by atoms with E-state index in [0.29, 0.717) is 6.04 Å². The number of hydrogen-bond donors (Lipinski definition) is 2. The van der Waals surface area contributed by atoms with E-state index in [4.69, 9.17) is 17.4 Å². The highest BCUT2D eigenvalue weighted by molar-refractivity contribution is 6.31. The molecule has 3 N–H and O–H groups in total. The fourth-order valence-corrected chi connectivity index (χ4v) is 2.40. The van der Waals surface area contributed by atoms with Crippen LogP contribution in [0.25, 0.3) is 0 Å².